The Hall–Kier alpha value is -1.71. The Morgan fingerprint density at radius 2 is 2.28 bits per heavy atom. The fraction of sp³-hybridized carbons (Fsp3) is 0.500. The molecule has 0 spiro atoms. The molecule has 1 aromatic carbocycles. The molecule has 1 aliphatic heterocycles. The molecule has 4 nitrogen and oxygen atoms in total. The minimum Gasteiger partial charge on any atom is -0.374 e. The Labute approximate surface area is 109 Å². The Morgan fingerprint density at radius 1 is 1.44 bits per heavy atom. The average Bonchev–Trinajstić information content (AvgIpc) is 2.40. The minimum absolute atomic E-state index is 0.810. The van der Waals surface area contributed by atoms with Gasteiger partial charge in [0.2, 0.25) is 0 Å². The molecular weight excluding hydrogens is 224 g/mol. The Bertz CT molecular complexity index is 439. The fourth-order valence-electron chi connectivity index (χ4n) is 2.41. The van der Waals surface area contributed by atoms with Crippen molar-refractivity contribution >= 4 is 11.6 Å². The number of hydrogen-bond donors (Lipinski definition) is 2. The van der Waals surface area contributed by atoms with E-state index < -0.39 is 0 Å². The number of nitrogens with zero attached hydrogens (tertiary/aromatic N) is 2. The third kappa shape index (κ3) is 2.75. The predicted octanol–water partition coefficient (Wildman–Crippen LogP) is 1.36. The number of rotatable bonds is 2. The Morgan fingerprint density at radius 3 is 3.00 bits per heavy atom. The van der Waals surface area contributed by atoms with E-state index in [-0.39, 0.29) is 0 Å². The topological polar surface area (TPSA) is 39.7 Å². The minimum atomic E-state index is 0.810. The summed E-state index contributed by atoms with van der Waals surface area (Å²) in [6, 6.07) is 6.73. The molecule has 0 bridgehead atoms. The summed E-state index contributed by atoms with van der Waals surface area (Å²) in [6.45, 7) is 1.97. The van der Waals surface area contributed by atoms with Crippen LogP contribution in [0.15, 0.2) is 23.2 Å². The molecule has 0 fully saturated rings. The van der Waals surface area contributed by atoms with E-state index in [1.165, 1.54) is 29.7 Å². The van der Waals surface area contributed by atoms with E-state index in [0.29, 0.717) is 0 Å². The van der Waals surface area contributed by atoms with Gasteiger partial charge in [-0.2, -0.15) is 0 Å². The molecule has 0 aliphatic carbocycles. The molecule has 2 N–H and O–H groups in total. The highest BCUT2D eigenvalue weighted by molar-refractivity contribution is 5.79. The third-order valence-corrected chi connectivity index (χ3v) is 3.42. The second kappa shape index (κ2) is 5.76. The van der Waals surface area contributed by atoms with E-state index in [1.807, 2.05) is 7.05 Å². The predicted molar refractivity (Wildman–Crippen MR) is 77.3 cm³/mol. The Kier molecular flexibility index (Phi) is 4.07. The van der Waals surface area contributed by atoms with Crippen molar-refractivity contribution in [1.82, 2.24) is 10.6 Å². The lowest BCUT2D eigenvalue weighted by Crippen LogP contribution is -2.34. The molecule has 0 saturated carbocycles. The summed E-state index contributed by atoms with van der Waals surface area (Å²) in [6.07, 6.45) is 2.44. The summed E-state index contributed by atoms with van der Waals surface area (Å²) in [5.74, 6) is 0.824. The van der Waals surface area contributed by atoms with Crippen molar-refractivity contribution in [3.63, 3.8) is 0 Å². The van der Waals surface area contributed by atoms with E-state index in [9.17, 15) is 0 Å². The molecule has 0 saturated heterocycles. The fourth-order valence-corrected chi connectivity index (χ4v) is 2.41. The van der Waals surface area contributed by atoms with Crippen molar-refractivity contribution in [3.8, 4) is 0 Å². The van der Waals surface area contributed by atoms with Crippen LogP contribution < -0.4 is 15.5 Å². The van der Waals surface area contributed by atoms with Crippen LogP contribution >= 0.6 is 0 Å². The number of aryl methyl sites for hydroxylation is 1. The van der Waals surface area contributed by atoms with Crippen LogP contribution in [0.3, 0.4) is 0 Å². The maximum atomic E-state index is 4.11. The first-order valence-electron chi connectivity index (χ1n) is 6.46. The quantitative estimate of drug-likeness (QED) is 0.611. The number of guanidine groups is 1. The van der Waals surface area contributed by atoms with Crippen molar-refractivity contribution in [1.29, 1.82) is 0 Å². The summed E-state index contributed by atoms with van der Waals surface area (Å²) in [5.41, 5.74) is 4.14. The van der Waals surface area contributed by atoms with E-state index in [2.05, 4.69) is 45.8 Å². The average molecular weight is 246 g/mol. The lowest BCUT2D eigenvalue weighted by atomic mass is 9.99. The van der Waals surface area contributed by atoms with Gasteiger partial charge in [0.15, 0.2) is 5.96 Å². The van der Waals surface area contributed by atoms with Crippen LogP contribution in [0.4, 0.5) is 5.69 Å². The molecule has 0 amide bonds. The highest BCUT2D eigenvalue weighted by Crippen LogP contribution is 2.26. The molecule has 18 heavy (non-hydrogen) atoms. The molecule has 0 radical (unpaired) electrons. The third-order valence-electron chi connectivity index (χ3n) is 3.42. The number of nitrogens with one attached hydrogen (secondary N) is 2. The molecule has 4 heteroatoms. The van der Waals surface area contributed by atoms with Gasteiger partial charge in [-0.05, 0) is 30.0 Å². The van der Waals surface area contributed by atoms with Gasteiger partial charge in [-0.1, -0.05) is 12.1 Å². The van der Waals surface area contributed by atoms with Crippen LogP contribution in [0.1, 0.15) is 17.5 Å². The molecule has 1 aliphatic rings. The van der Waals surface area contributed by atoms with Crippen molar-refractivity contribution in [2.45, 2.75) is 19.4 Å². The summed E-state index contributed by atoms with van der Waals surface area (Å²) < 4.78 is 0. The maximum Gasteiger partial charge on any atom is 0.190 e. The zero-order valence-electron chi connectivity index (χ0n) is 11.5. The molecule has 0 aromatic heterocycles. The van der Waals surface area contributed by atoms with Gasteiger partial charge < -0.3 is 15.5 Å². The molecule has 1 aromatic rings. The molecule has 1 heterocycles. The highest BCUT2D eigenvalue weighted by Gasteiger charge is 2.13. The van der Waals surface area contributed by atoms with Gasteiger partial charge in [-0.15, -0.1) is 0 Å². The largest absolute Gasteiger partial charge is 0.374 e. The van der Waals surface area contributed by atoms with Crippen LogP contribution in [-0.2, 0) is 13.0 Å². The monoisotopic (exact) mass is 246 g/mol. The maximum absolute atomic E-state index is 4.11. The number of benzene rings is 1. The van der Waals surface area contributed by atoms with E-state index in [0.717, 1.165) is 19.0 Å². The molecule has 0 atom stereocenters. The van der Waals surface area contributed by atoms with Gasteiger partial charge in [-0.25, -0.2) is 0 Å². The smallest absolute Gasteiger partial charge is 0.190 e. The zero-order chi connectivity index (χ0) is 13.0. The first kappa shape index (κ1) is 12.7. The summed E-state index contributed by atoms with van der Waals surface area (Å²) in [4.78, 5) is 6.44. The van der Waals surface area contributed by atoms with Crippen molar-refractivity contribution < 1.29 is 0 Å². The van der Waals surface area contributed by atoms with Crippen molar-refractivity contribution in [3.05, 3.63) is 29.3 Å². The Balaban J connectivity index is 2.07. The van der Waals surface area contributed by atoms with Crippen LogP contribution in [0.2, 0.25) is 0 Å². The number of fused-ring (bicyclic) bond motifs is 1. The van der Waals surface area contributed by atoms with Crippen LogP contribution in [0.25, 0.3) is 0 Å². The van der Waals surface area contributed by atoms with Gasteiger partial charge in [0, 0.05) is 39.9 Å². The van der Waals surface area contributed by atoms with Gasteiger partial charge in [0.25, 0.3) is 0 Å². The van der Waals surface area contributed by atoms with Gasteiger partial charge in [-0.3, -0.25) is 4.99 Å². The summed E-state index contributed by atoms with van der Waals surface area (Å²) >= 11 is 0. The van der Waals surface area contributed by atoms with Crippen LogP contribution in [0, 0.1) is 0 Å². The number of hydrogen-bond acceptors (Lipinski definition) is 2. The molecular formula is C14H22N4. The van der Waals surface area contributed by atoms with Gasteiger partial charge in [0.1, 0.15) is 0 Å². The van der Waals surface area contributed by atoms with Gasteiger partial charge >= 0.3 is 0 Å². The first-order valence-corrected chi connectivity index (χ1v) is 6.46. The van der Waals surface area contributed by atoms with Crippen molar-refractivity contribution in [2.24, 2.45) is 4.99 Å². The molecule has 98 valence electrons. The molecule has 2 rings (SSSR count). The standard InChI is InChI=1S/C14H22N4/c1-15-14(16-2)17-10-11-6-7-13-12(9-11)5-4-8-18(13)3/h6-7,9H,4-5,8,10H2,1-3H3,(H2,15,16,17). The lowest BCUT2D eigenvalue weighted by Gasteiger charge is -2.27. The lowest BCUT2D eigenvalue weighted by molar-refractivity contribution is 0.741. The van der Waals surface area contributed by atoms with Crippen LogP contribution in [-0.4, -0.2) is 33.6 Å². The summed E-state index contributed by atoms with van der Waals surface area (Å²) in [7, 11) is 5.82. The summed E-state index contributed by atoms with van der Waals surface area (Å²) in [5, 5.41) is 6.30. The van der Waals surface area contributed by atoms with Crippen molar-refractivity contribution in [2.75, 3.05) is 32.6 Å². The van der Waals surface area contributed by atoms with E-state index in [4.69, 9.17) is 0 Å². The van der Waals surface area contributed by atoms with E-state index in [1.54, 1.807) is 7.05 Å². The highest BCUT2D eigenvalue weighted by atomic mass is 15.1. The normalized spacial score (nSPS) is 15.3. The zero-order valence-corrected chi connectivity index (χ0v) is 11.5. The second-order valence-electron chi connectivity index (χ2n) is 4.66. The second-order valence-corrected chi connectivity index (χ2v) is 4.66. The molecule has 0 unspecified atom stereocenters. The van der Waals surface area contributed by atoms with Crippen LogP contribution in [0.5, 0.6) is 0 Å². The van der Waals surface area contributed by atoms with E-state index >= 15 is 0 Å². The number of anilines is 1. The van der Waals surface area contributed by atoms with Gasteiger partial charge in [0.05, 0.1) is 0 Å². The number of aliphatic imine (C=N–C) groups is 1. The SMILES string of the molecule is CN=C(NC)NCc1ccc2c(c1)CCCN2C. The first-order chi connectivity index (χ1) is 8.74.